The van der Waals surface area contributed by atoms with E-state index in [4.69, 9.17) is 28.8 Å². The number of amides is 1. The van der Waals surface area contributed by atoms with Crippen LogP contribution < -0.4 is 28.1 Å². The standard InChI is InChI=1S/C18H20BrClN8O2/c1-8(24-17(29)12-14(22)27-15(23)13(19)26-12)16-25-10-5-2-4-9(20)11(10)18(30)28(16)7-3-6-21/h2,4-5,8H,3,6-7,21H2,1H3,(H,24,29)(H4,22,23,27). The molecule has 0 aliphatic heterocycles. The maximum atomic E-state index is 13.1. The summed E-state index contributed by atoms with van der Waals surface area (Å²) in [5, 5.41) is 3.38. The maximum Gasteiger partial charge on any atom is 0.274 e. The minimum atomic E-state index is -0.649. The SMILES string of the molecule is CC(NC(=O)c1nc(Br)c(N)nc1N)c1nc2cccc(Cl)c2c(=O)n1CCCN. The molecule has 0 fully saturated rings. The molecule has 3 rings (SSSR count). The monoisotopic (exact) mass is 494 g/mol. The van der Waals surface area contributed by atoms with Crippen molar-refractivity contribution in [3.05, 3.63) is 49.7 Å². The number of anilines is 2. The number of nitrogens with one attached hydrogen (secondary N) is 1. The molecule has 30 heavy (non-hydrogen) atoms. The third-order valence-electron chi connectivity index (χ3n) is 4.40. The maximum absolute atomic E-state index is 13.1. The number of hydrogen-bond donors (Lipinski definition) is 4. The first-order valence-electron chi connectivity index (χ1n) is 9.03. The van der Waals surface area contributed by atoms with Crippen LogP contribution >= 0.6 is 27.5 Å². The van der Waals surface area contributed by atoms with Gasteiger partial charge in [0.25, 0.3) is 11.5 Å². The molecule has 0 saturated carbocycles. The van der Waals surface area contributed by atoms with Gasteiger partial charge in [0.15, 0.2) is 17.3 Å². The average molecular weight is 496 g/mol. The Bertz CT molecular complexity index is 1180. The highest BCUT2D eigenvalue weighted by atomic mass is 79.9. The summed E-state index contributed by atoms with van der Waals surface area (Å²) in [6.07, 6.45) is 0.550. The van der Waals surface area contributed by atoms with Gasteiger partial charge in [0.2, 0.25) is 0 Å². The third-order valence-corrected chi connectivity index (χ3v) is 5.30. The first-order chi connectivity index (χ1) is 14.2. The molecule has 3 aromatic rings. The summed E-state index contributed by atoms with van der Waals surface area (Å²) < 4.78 is 1.67. The topological polar surface area (TPSA) is 168 Å². The van der Waals surface area contributed by atoms with Gasteiger partial charge in [-0.2, -0.15) is 0 Å². The van der Waals surface area contributed by atoms with Crippen molar-refractivity contribution in [3.63, 3.8) is 0 Å². The van der Waals surface area contributed by atoms with Crippen molar-refractivity contribution in [1.82, 2.24) is 24.8 Å². The lowest BCUT2D eigenvalue weighted by Gasteiger charge is -2.20. The fraction of sp³-hybridized carbons (Fsp3) is 0.278. The number of benzene rings is 1. The van der Waals surface area contributed by atoms with Crippen LogP contribution in [0.3, 0.4) is 0 Å². The minimum Gasteiger partial charge on any atom is -0.382 e. The Morgan fingerprint density at radius 3 is 2.70 bits per heavy atom. The summed E-state index contributed by atoms with van der Waals surface area (Å²) in [6.45, 7) is 2.41. The second-order valence-electron chi connectivity index (χ2n) is 6.53. The zero-order valence-electron chi connectivity index (χ0n) is 16.0. The van der Waals surface area contributed by atoms with Gasteiger partial charge < -0.3 is 22.5 Å². The highest BCUT2D eigenvalue weighted by molar-refractivity contribution is 9.10. The van der Waals surface area contributed by atoms with Crippen molar-refractivity contribution >= 4 is 56.0 Å². The predicted octanol–water partition coefficient (Wildman–Crippen LogP) is 1.61. The molecule has 12 heteroatoms. The number of nitrogens with two attached hydrogens (primary N) is 3. The van der Waals surface area contributed by atoms with Crippen LogP contribution in [0.25, 0.3) is 10.9 Å². The third kappa shape index (κ3) is 4.23. The molecular formula is C18H20BrClN8O2. The number of rotatable bonds is 6. The van der Waals surface area contributed by atoms with Gasteiger partial charge >= 0.3 is 0 Å². The van der Waals surface area contributed by atoms with Crippen LogP contribution in [-0.2, 0) is 6.54 Å². The van der Waals surface area contributed by atoms with E-state index in [2.05, 4.69) is 36.2 Å². The molecule has 1 unspecified atom stereocenters. The molecule has 0 spiro atoms. The Hall–Kier alpha value is -2.76. The Morgan fingerprint density at radius 2 is 2.00 bits per heavy atom. The molecule has 2 aromatic heterocycles. The van der Waals surface area contributed by atoms with E-state index in [-0.39, 0.29) is 27.5 Å². The Kier molecular flexibility index (Phi) is 6.54. The molecule has 2 heterocycles. The van der Waals surface area contributed by atoms with Crippen molar-refractivity contribution in [3.8, 4) is 0 Å². The average Bonchev–Trinajstić information content (AvgIpc) is 2.69. The lowest BCUT2D eigenvalue weighted by Crippen LogP contribution is -2.35. The van der Waals surface area contributed by atoms with Crippen LogP contribution in [0.1, 0.15) is 35.7 Å². The molecule has 0 aliphatic carbocycles. The molecule has 0 radical (unpaired) electrons. The molecule has 10 nitrogen and oxygen atoms in total. The number of halogens is 2. The number of fused-ring (bicyclic) bond motifs is 1. The first kappa shape index (κ1) is 21.9. The van der Waals surface area contributed by atoms with Crippen LogP contribution in [0.5, 0.6) is 0 Å². The van der Waals surface area contributed by atoms with Gasteiger partial charge in [-0.15, -0.1) is 0 Å². The van der Waals surface area contributed by atoms with Gasteiger partial charge in [0, 0.05) is 6.54 Å². The van der Waals surface area contributed by atoms with E-state index in [1.54, 1.807) is 25.1 Å². The molecular weight excluding hydrogens is 476 g/mol. The van der Waals surface area contributed by atoms with Crippen LogP contribution in [0.4, 0.5) is 11.6 Å². The molecule has 0 bridgehead atoms. The second kappa shape index (κ2) is 8.94. The summed E-state index contributed by atoms with van der Waals surface area (Å²) in [4.78, 5) is 38.3. The van der Waals surface area contributed by atoms with E-state index in [9.17, 15) is 9.59 Å². The minimum absolute atomic E-state index is 0.0702. The van der Waals surface area contributed by atoms with Crippen LogP contribution in [-0.4, -0.2) is 32.0 Å². The van der Waals surface area contributed by atoms with Gasteiger partial charge in [-0.05, 0) is 48.0 Å². The van der Waals surface area contributed by atoms with Crippen LogP contribution in [0, 0.1) is 0 Å². The van der Waals surface area contributed by atoms with Crippen molar-refractivity contribution in [1.29, 1.82) is 0 Å². The molecule has 7 N–H and O–H groups in total. The fourth-order valence-corrected chi connectivity index (χ4v) is 3.49. The molecule has 1 amide bonds. The van der Waals surface area contributed by atoms with E-state index in [1.165, 1.54) is 4.57 Å². The van der Waals surface area contributed by atoms with Crippen molar-refractivity contribution < 1.29 is 4.79 Å². The fourth-order valence-electron chi connectivity index (χ4n) is 2.97. The van der Waals surface area contributed by atoms with Crippen molar-refractivity contribution in [2.75, 3.05) is 18.0 Å². The largest absolute Gasteiger partial charge is 0.382 e. The predicted molar refractivity (Wildman–Crippen MR) is 119 cm³/mol. The van der Waals surface area contributed by atoms with E-state index >= 15 is 0 Å². The van der Waals surface area contributed by atoms with E-state index in [0.717, 1.165) is 0 Å². The summed E-state index contributed by atoms with van der Waals surface area (Å²) >= 11 is 9.34. The van der Waals surface area contributed by atoms with Gasteiger partial charge in [-0.3, -0.25) is 14.2 Å². The Labute approximate surface area is 185 Å². The summed E-state index contributed by atoms with van der Waals surface area (Å²) in [6, 6.07) is 4.38. The van der Waals surface area contributed by atoms with Gasteiger partial charge in [0.05, 0.1) is 22.0 Å². The first-order valence-corrected chi connectivity index (χ1v) is 10.2. The molecule has 158 valence electrons. The molecule has 0 aliphatic rings. The second-order valence-corrected chi connectivity index (χ2v) is 7.69. The zero-order valence-corrected chi connectivity index (χ0v) is 18.4. The number of hydrogen-bond acceptors (Lipinski definition) is 8. The van der Waals surface area contributed by atoms with Crippen molar-refractivity contribution in [2.45, 2.75) is 25.9 Å². The molecule has 0 saturated heterocycles. The van der Waals surface area contributed by atoms with Gasteiger partial charge in [-0.25, -0.2) is 15.0 Å². The summed E-state index contributed by atoms with van der Waals surface area (Å²) in [5.74, 6) is -0.267. The van der Waals surface area contributed by atoms with Crippen LogP contribution in [0.15, 0.2) is 27.6 Å². The van der Waals surface area contributed by atoms with Crippen molar-refractivity contribution in [2.24, 2.45) is 5.73 Å². The smallest absolute Gasteiger partial charge is 0.274 e. The van der Waals surface area contributed by atoms with E-state index in [1.807, 2.05) is 0 Å². The van der Waals surface area contributed by atoms with Gasteiger partial charge in [-0.1, -0.05) is 17.7 Å². The number of carbonyl (C=O) groups excluding carboxylic acids is 1. The Morgan fingerprint density at radius 1 is 1.27 bits per heavy atom. The zero-order chi connectivity index (χ0) is 22.0. The van der Waals surface area contributed by atoms with E-state index in [0.29, 0.717) is 41.3 Å². The number of nitrogen functional groups attached to an aromatic ring is 2. The van der Waals surface area contributed by atoms with E-state index < -0.39 is 11.9 Å². The lowest BCUT2D eigenvalue weighted by atomic mass is 10.2. The lowest BCUT2D eigenvalue weighted by molar-refractivity contribution is 0.0933. The number of aromatic nitrogens is 4. The Balaban J connectivity index is 2.03. The summed E-state index contributed by atoms with van der Waals surface area (Å²) in [5.41, 5.74) is 17.1. The quantitative estimate of drug-likeness (QED) is 0.400. The normalized spacial score (nSPS) is 12.1. The van der Waals surface area contributed by atoms with Gasteiger partial charge in [0.1, 0.15) is 10.4 Å². The van der Waals surface area contributed by atoms with Crippen LogP contribution in [0.2, 0.25) is 5.02 Å². The molecule has 1 aromatic carbocycles. The number of carbonyl (C=O) groups is 1. The molecule has 1 atom stereocenters. The highest BCUT2D eigenvalue weighted by Gasteiger charge is 2.22. The highest BCUT2D eigenvalue weighted by Crippen LogP contribution is 2.22. The number of nitrogens with zero attached hydrogens (tertiary/aromatic N) is 4. The summed E-state index contributed by atoms with van der Waals surface area (Å²) in [7, 11) is 0.